The first-order valence-corrected chi connectivity index (χ1v) is 14.8. The van der Waals surface area contributed by atoms with Crippen molar-refractivity contribution in [2.75, 3.05) is 0 Å². The van der Waals surface area contributed by atoms with E-state index < -0.39 is 11.9 Å². The molecule has 10 nitrogen and oxygen atoms in total. The van der Waals surface area contributed by atoms with Gasteiger partial charge in [0.1, 0.15) is 24.1 Å². The van der Waals surface area contributed by atoms with Crippen LogP contribution in [0.2, 0.25) is 5.02 Å². The van der Waals surface area contributed by atoms with E-state index in [1.54, 1.807) is 40.0 Å². The van der Waals surface area contributed by atoms with Gasteiger partial charge in [-0.1, -0.05) is 52.4 Å². The molecule has 0 unspecified atom stereocenters. The first-order valence-electron chi connectivity index (χ1n) is 13.2. The monoisotopic (exact) mass is 699 g/mol. The van der Waals surface area contributed by atoms with Crippen LogP contribution in [0.5, 0.6) is 0 Å². The number of rotatable bonds is 7. The summed E-state index contributed by atoms with van der Waals surface area (Å²) < 4.78 is 17.3. The zero-order chi connectivity index (χ0) is 29.5. The van der Waals surface area contributed by atoms with E-state index in [1.807, 2.05) is 24.4 Å². The summed E-state index contributed by atoms with van der Waals surface area (Å²) in [4.78, 5) is 45.3. The molecule has 1 fully saturated rings. The van der Waals surface area contributed by atoms with Crippen LogP contribution in [0.3, 0.4) is 0 Å². The van der Waals surface area contributed by atoms with Gasteiger partial charge in [-0.05, 0) is 36.6 Å². The third-order valence-electron chi connectivity index (χ3n) is 7.34. The average molecular weight is 700 g/mol. The highest BCUT2D eigenvalue weighted by molar-refractivity contribution is 14.1. The fraction of sp³-hybridized carbons (Fsp3) is 0.241. The second-order valence-corrected chi connectivity index (χ2v) is 11.9. The maximum atomic E-state index is 14.3. The Morgan fingerprint density at radius 2 is 1.98 bits per heavy atom. The summed E-state index contributed by atoms with van der Waals surface area (Å²) in [5, 5.41) is 12.1. The van der Waals surface area contributed by atoms with Crippen molar-refractivity contribution in [2.24, 2.45) is 0 Å². The molecule has 0 bridgehead atoms. The van der Waals surface area contributed by atoms with Gasteiger partial charge in [0.2, 0.25) is 11.8 Å². The predicted octanol–water partition coefficient (Wildman–Crippen LogP) is 4.81. The van der Waals surface area contributed by atoms with Gasteiger partial charge in [-0.2, -0.15) is 10.2 Å². The van der Waals surface area contributed by atoms with Crippen LogP contribution in [0, 0.1) is 5.82 Å². The Morgan fingerprint density at radius 3 is 2.79 bits per heavy atom. The number of carbonyl (C=O) groups excluding carboxylic acids is 3. The normalized spacial score (nSPS) is 16.8. The van der Waals surface area contributed by atoms with Crippen molar-refractivity contribution >= 4 is 68.3 Å². The average Bonchev–Trinajstić information content (AvgIpc) is 3.70. The van der Waals surface area contributed by atoms with Gasteiger partial charge < -0.3 is 10.2 Å². The van der Waals surface area contributed by atoms with Crippen LogP contribution in [-0.2, 0) is 22.7 Å². The van der Waals surface area contributed by atoms with Gasteiger partial charge in [0.15, 0.2) is 11.4 Å². The SMILES string of the molecule is CC(=O)c1nn(CC(=O)N2[C@H](I)CC[C@H]2C(=O)NCc2cccc(Cl)c2F)c2ccc(-c3cnc4ccnn4c3)cc12. The van der Waals surface area contributed by atoms with E-state index in [4.69, 9.17) is 11.6 Å². The van der Waals surface area contributed by atoms with Gasteiger partial charge in [0.25, 0.3) is 0 Å². The maximum absolute atomic E-state index is 14.3. The number of nitrogens with one attached hydrogen (secondary N) is 1. The van der Waals surface area contributed by atoms with E-state index in [0.29, 0.717) is 23.7 Å². The molecule has 5 aromatic rings. The lowest BCUT2D eigenvalue weighted by Gasteiger charge is -2.27. The molecule has 1 N–H and O–H groups in total. The topological polar surface area (TPSA) is 114 Å². The van der Waals surface area contributed by atoms with Crippen LogP contribution in [0.25, 0.3) is 27.7 Å². The Kier molecular flexibility index (Phi) is 7.66. The van der Waals surface area contributed by atoms with Crippen LogP contribution in [0.1, 0.15) is 35.8 Å². The van der Waals surface area contributed by atoms with Crippen LogP contribution < -0.4 is 5.32 Å². The zero-order valence-electron chi connectivity index (χ0n) is 22.3. The Morgan fingerprint density at radius 1 is 1.14 bits per heavy atom. The van der Waals surface area contributed by atoms with Crippen LogP contribution in [0.15, 0.2) is 61.1 Å². The molecule has 2 atom stereocenters. The lowest BCUT2D eigenvalue weighted by Crippen LogP contribution is -2.48. The van der Waals surface area contributed by atoms with E-state index in [-0.39, 0.29) is 51.0 Å². The highest BCUT2D eigenvalue weighted by Crippen LogP contribution is 2.31. The number of nitrogens with zero attached hydrogens (tertiary/aromatic N) is 6. The molecule has 4 heterocycles. The number of benzene rings is 2. The molecular weight excluding hydrogens is 676 g/mol. The maximum Gasteiger partial charge on any atom is 0.245 e. The molecule has 0 spiro atoms. The van der Waals surface area contributed by atoms with E-state index in [1.165, 1.54) is 17.7 Å². The summed E-state index contributed by atoms with van der Waals surface area (Å²) in [6.07, 6.45) is 6.36. The van der Waals surface area contributed by atoms with Gasteiger partial charge in [-0.3, -0.25) is 19.1 Å². The Bertz CT molecular complexity index is 1870. The predicted molar refractivity (Wildman–Crippen MR) is 163 cm³/mol. The molecule has 42 heavy (non-hydrogen) atoms. The number of fused-ring (bicyclic) bond motifs is 2. The quantitative estimate of drug-likeness (QED) is 0.113. The van der Waals surface area contributed by atoms with Crippen molar-refractivity contribution in [3.63, 3.8) is 0 Å². The highest BCUT2D eigenvalue weighted by Gasteiger charge is 2.40. The number of aromatic nitrogens is 5. The molecule has 6 rings (SSSR count). The van der Waals surface area contributed by atoms with Crippen molar-refractivity contribution in [1.82, 2.24) is 34.6 Å². The third kappa shape index (κ3) is 5.24. The minimum absolute atomic E-state index is 0.0223. The van der Waals surface area contributed by atoms with E-state index in [9.17, 15) is 18.8 Å². The van der Waals surface area contributed by atoms with Gasteiger partial charge >= 0.3 is 0 Å². The van der Waals surface area contributed by atoms with Gasteiger partial charge in [0.05, 0.1) is 20.8 Å². The van der Waals surface area contributed by atoms with Crippen LogP contribution in [0.4, 0.5) is 4.39 Å². The zero-order valence-corrected chi connectivity index (χ0v) is 25.2. The minimum atomic E-state index is -0.716. The first kappa shape index (κ1) is 28.2. The summed E-state index contributed by atoms with van der Waals surface area (Å²) in [6.45, 7) is 1.23. The lowest BCUT2D eigenvalue weighted by atomic mass is 10.0. The van der Waals surface area contributed by atoms with Crippen LogP contribution >= 0.6 is 34.2 Å². The molecule has 1 aliphatic rings. The summed E-state index contributed by atoms with van der Waals surface area (Å²) in [5.74, 6) is -1.50. The summed E-state index contributed by atoms with van der Waals surface area (Å²) in [5.41, 5.74) is 3.47. The molecular formula is C29H24ClFIN7O3. The van der Waals surface area contributed by atoms with Crippen molar-refractivity contribution in [3.05, 3.63) is 83.2 Å². The molecule has 1 saturated heterocycles. The summed E-state index contributed by atoms with van der Waals surface area (Å²) in [7, 11) is 0. The molecule has 1 aliphatic heterocycles. The number of alkyl halides is 1. The summed E-state index contributed by atoms with van der Waals surface area (Å²) >= 11 is 8.01. The van der Waals surface area contributed by atoms with Crippen molar-refractivity contribution in [1.29, 1.82) is 0 Å². The minimum Gasteiger partial charge on any atom is -0.350 e. The Labute approximate surface area is 258 Å². The highest BCUT2D eigenvalue weighted by atomic mass is 127. The molecule has 2 aromatic carbocycles. The van der Waals surface area contributed by atoms with Crippen LogP contribution in [-0.4, -0.2) is 57.0 Å². The van der Waals surface area contributed by atoms with Crippen molar-refractivity contribution in [2.45, 2.75) is 42.9 Å². The smallest absolute Gasteiger partial charge is 0.245 e. The van der Waals surface area contributed by atoms with Crippen molar-refractivity contribution in [3.8, 4) is 11.1 Å². The lowest BCUT2D eigenvalue weighted by molar-refractivity contribution is -0.139. The first-order chi connectivity index (χ1) is 20.2. The van der Waals surface area contributed by atoms with Crippen molar-refractivity contribution < 1.29 is 18.8 Å². The number of likely N-dealkylation sites (tertiary alicyclic amines) is 1. The number of hydrogen-bond acceptors (Lipinski definition) is 6. The van der Waals surface area contributed by atoms with Gasteiger partial charge in [0, 0.05) is 48.4 Å². The second-order valence-electron chi connectivity index (χ2n) is 10.0. The number of carbonyl (C=O) groups is 3. The Balaban J connectivity index is 1.24. The molecule has 0 saturated carbocycles. The molecule has 3 aromatic heterocycles. The Hall–Kier alpha value is -3.91. The standard InChI is InChI=1S/C29H24ClFIN7O3/c1-16(40)28-20-11-17(19-13-33-25-9-10-35-38(25)14-19)5-6-22(20)37(36-28)15-26(41)39-23(7-8-24(39)32)29(42)34-12-18-3-2-4-21(30)27(18)31/h2-6,9-11,13-14,23-24H,7-8,12,15H2,1H3,(H,34,42)/t23-,24-/m0/s1. The fourth-order valence-corrected chi connectivity index (χ4v) is 6.50. The second kappa shape index (κ2) is 11.4. The molecule has 13 heteroatoms. The number of hydrogen-bond donors (Lipinski definition) is 1. The van der Waals surface area contributed by atoms with Gasteiger partial charge in [-0.15, -0.1) is 0 Å². The fourth-order valence-electron chi connectivity index (χ4n) is 5.25. The van der Waals surface area contributed by atoms with E-state index in [2.05, 4.69) is 43.1 Å². The molecule has 214 valence electrons. The molecule has 0 radical (unpaired) electrons. The van der Waals surface area contributed by atoms with Gasteiger partial charge in [-0.25, -0.2) is 13.9 Å². The largest absolute Gasteiger partial charge is 0.350 e. The molecule has 0 aliphatic carbocycles. The molecule has 2 amide bonds. The van der Waals surface area contributed by atoms with E-state index in [0.717, 1.165) is 16.8 Å². The number of Topliss-reactive ketones (excluding diaryl/α,β-unsaturated/α-hetero) is 1. The number of amides is 2. The number of halogens is 3. The van der Waals surface area contributed by atoms with E-state index >= 15 is 0 Å². The number of ketones is 1. The third-order valence-corrected chi connectivity index (χ3v) is 8.86. The summed E-state index contributed by atoms with van der Waals surface area (Å²) in [6, 6.07) is 11.2.